The Bertz CT molecular complexity index is 774. The van der Waals surface area contributed by atoms with E-state index in [0.717, 1.165) is 16.9 Å². The number of benzene rings is 1. The highest BCUT2D eigenvalue weighted by atomic mass is 35.5. The second-order valence-electron chi connectivity index (χ2n) is 4.99. The number of nitrogens with zero attached hydrogens (tertiary/aromatic N) is 1. The number of carbonyl (C=O) groups excluding carboxylic acids is 1. The van der Waals surface area contributed by atoms with Crippen molar-refractivity contribution in [1.82, 2.24) is 9.88 Å². The summed E-state index contributed by atoms with van der Waals surface area (Å²) in [6.07, 6.45) is 3.51. The minimum atomic E-state index is -0.140. The van der Waals surface area contributed by atoms with Gasteiger partial charge in [-0.25, -0.2) is 0 Å². The lowest BCUT2D eigenvalue weighted by atomic mass is 10.1. The number of nitrogens with one attached hydrogen (secondary N) is 1. The fraction of sp³-hybridized carbons (Fsp3) is 0.118. The third kappa shape index (κ3) is 3.07. The van der Waals surface area contributed by atoms with Gasteiger partial charge in [0.25, 0.3) is 5.91 Å². The van der Waals surface area contributed by atoms with Crippen LogP contribution in [-0.2, 0) is 13.6 Å². The Morgan fingerprint density at radius 2 is 2.00 bits per heavy atom. The molecule has 1 N–H and O–H groups in total. The molecule has 0 aliphatic rings. The number of halogens is 1. The van der Waals surface area contributed by atoms with Crippen molar-refractivity contribution in [3.05, 3.63) is 71.4 Å². The molecule has 5 heteroatoms. The van der Waals surface area contributed by atoms with Crippen molar-refractivity contribution < 1.29 is 9.21 Å². The monoisotopic (exact) mass is 314 g/mol. The average molecular weight is 315 g/mol. The van der Waals surface area contributed by atoms with E-state index in [1.807, 2.05) is 49.6 Å². The predicted molar refractivity (Wildman–Crippen MR) is 85.7 cm³/mol. The highest BCUT2D eigenvalue weighted by molar-refractivity contribution is 6.30. The molecular weight excluding hydrogens is 300 g/mol. The zero-order valence-electron chi connectivity index (χ0n) is 12.0. The molecule has 0 aliphatic carbocycles. The van der Waals surface area contributed by atoms with Crippen LogP contribution in [0.3, 0.4) is 0 Å². The van der Waals surface area contributed by atoms with Gasteiger partial charge in [-0.3, -0.25) is 4.79 Å². The van der Waals surface area contributed by atoms with Gasteiger partial charge in [-0.2, -0.15) is 0 Å². The van der Waals surface area contributed by atoms with Crippen LogP contribution in [0, 0.1) is 0 Å². The molecule has 0 radical (unpaired) electrons. The van der Waals surface area contributed by atoms with Crippen molar-refractivity contribution in [2.24, 2.45) is 7.05 Å². The SMILES string of the molecule is Cn1cc(-c2ccc(Cl)cc2)cc1C(=O)NCc1ccco1. The van der Waals surface area contributed by atoms with Gasteiger partial charge in [0.1, 0.15) is 11.5 Å². The Morgan fingerprint density at radius 1 is 1.23 bits per heavy atom. The molecule has 1 amide bonds. The summed E-state index contributed by atoms with van der Waals surface area (Å²) in [5.74, 6) is 0.583. The van der Waals surface area contributed by atoms with Gasteiger partial charge < -0.3 is 14.3 Å². The number of hydrogen-bond acceptors (Lipinski definition) is 2. The molecule has 112 valence electrons. The second-order valence-corrected chi connectivity index (χ2v) is 5.43. The van der Waals surface area contributed by atoms with E-state index in [2.05, 4.69) is 5.32 Å². The smallest absolute Gasteiger partial charge is 0.268 e. The van der Waals surface area contributed by atoms with Crippen LogP contribution >= 0.6 is 11.6 Å². The van der Waals surface area contributed by atoms with E-state index in [1.165, 1.54) is 0 Å². The maximum atomic E-state index is 12.3. The summed E-state index contributed by atoms with van der Waals surface area (Å²) < 4.78 is 7.01. The molecule has 0 unspecified atom stereocenters. The molecular formula is C17H15ClN2O2. The lowest BCUT2D eigenvalue weighted by molar-refractivity contribution is 0.0940. The molecule has 4 nitrogen and oxygen atoms in total. The van der Waals surface area contributed by atoms with Gasteiger partial charge in [-0.15, -0.1) is 0 Å². The largest absolute Gasteiger partial charge is 0.467 e. The Labute approximate surface area is 133 Å². The number of aryl methyl sites for hydroxylation is 1. The van der Waals surface area contributed by atoms with Crippen LogP contribution in [0.5, 0.6) is 0 Å². The summed E-state index contributed by atoms with van der Waals surface area (Å²) in [4.78, 5) is 12.3. The van der Waals surface area contributed by atoms with Crippen molar-refractivity contribution in [1.29, 1.82) is 0 Å². The Hall–Kier alpha value is -2.46. The van der Waals surface area contributed by atoms with Gasteiger partial charge in [0.15, 0.2) is 0 Å². The number of carbonyl (C=O) groups is 1. The van der Waals surface area contributed by atoms with Crippen molar-refractivity contribution >= 4 is 17.5 Å². The molecule has 0 aliphatic heterocycles. The molecule has 1 aromatic carbocycles. The molecule has 0 spiro atoms. The summed E-state index contributed by atoms with van der Waals surface area (Å²) in [7, 11) is 1.85. The van der Waals surface area contributed by atoms with E-state index in [-0.39, 0.29) is 5.91 Å². The highest BCUT2D eigenvalue weighted by Crippen LogP contribution is 2.23. The first-order valence-electron chi connectivity index (χ1n) is 6.86. The van der Waals surface area contributed by atoms with Gasteiger partial charge >= 0.3 is 0 Å². The van der Waals surface area contributed by atoms with E-state index in [0.29, 0.717) is 17.3 Å². The number of hydrogen-bond donors (Lipinski definition) is 1. The first-order valence-corrected chi connectivity index (χ1v) is 7.24. The maximum Gasteiger partial charge on any atom is 0.268 e. The molecule has 0 saturated heterocycles. The first kappa shape index (κ1) is 14.5. The number of rotatable bonds is 4. The molecule has 2 aromatic heterocycles. The van der Waals surface area contributed by atoms with E-state index >= 15 is 0 Å². The zero-order chi connectivity index (χ0) is 15.5. The first-order chi connectivity index (χ1) is 10.6. The van der Waals surface area contributed by atoms with Crippen LogP contribution < -0.4 is 5.32 Å². The number of amides is 1. The number of aromatic nitrogens is 1. The quantitative estimate of drug-likeness (QED) is 0.794. The van der Waals surface area contributed by atoms with Crippen LogP contribution in [-0.4, -0.2) is 10.5 Å². The van der Waals surface area contributed by atoms with Gasteiger partial charge in [0.05, 0.1) is 12.8 Å². The average Bonchev–Trinajstić information content (AvgIpc) is 3.15. The fourth-order valence-corrected chi connectivity index (χ4v) is 2.39. The molecule has 22 heavy (non-hydrogen) atoms. The Morgan fingerprint density at radius 3 is 2.68 bits per heavy atom. The molecule has 0 atom stereocenters. The third-order valence-electron chi connectivity index (χ3n) is 3.42. The topological polar surface area (TPSA) is 47.2 Å². The summed E-state index contributed by atoms with van der Waals surface area (Å²) in [5.41, 5.74) is 2.59. The van der Waals surface area contributed by atoms with E-state index in [1.54, 1.807) is 16.9 Å². The van der Waals surface area contributed by atoms with Crippen LogP contribution in [0.25, 0.3) is 11.1 Å². The molecule has 3 aromatic rings. The third-order valence-corrected chi connectivity index (χ3v) is 3.67. The Balaban J connectivity index is 1.76. The minimum absolute atomic E-state index is 0.140. The van der Waals surface area contributed by atoms with Crippen molar-refractivity contribution in [3.8, 4) is 11.1 Å². The van der Waals surface area contributed by atoms with Gasteiger partial charge in [0.2, 0.25) is 0 Å². The van der Waals surface area contributed by atoms with Crippen molar-refractivity contribution in [3.63, 3.8) is 0 Å². The van der Waals surface area contributed by atoms with Crippen molar-refractivity contribution in [2.45, 2.75) is 6.54 Å². The zero-order valence-corrected chi connectivity index (χ0v) is 12.8. The second kappa shape index (κ2) is 6.12. The normalized spacial score (nSPS) is 10.6. The van der Waals surface area contributed by atoms with Gasteiger partial charge in [-0.1, -0.05) is 23.7 Å². The summed E-state index contributed by atoms with van der Waals surface area (Å²) in [6, 6.07) is 13.0. The van der Waals surface area contributed by atoms with E-state index < -0.39 is 0 Å². The van der Waals surface area contributed by atoms with Crippen LogP contribution in [0.2, 0.25) is 5.02 Å². The van der Waals surface area contributed by atoms with Crippen LogP contribution in [0.15, 0.2) is 59.3 Å². The molecule has 0 bridgehead atoms. The Kier molecular flexibility index (Phi) is 4.02. The summed E-state index contributed by atoms with van der Waals surface area (Å²) >= 11 is 5.90. The molecule has 3 rings (SSSR count). The van der Waals surface area contributed by atoms with E-state index in [4.69, 9.17) is 16.0 Å². The van der Waals surface area contributed by atoms with Crippen LogP contribution in [0.1, 0.15) is 16.2 Å². The maximum absolute atomic E-state index is 12.3. The molecule has 2 heterocycles. The number of furan rings is 1. The lowest BCUT2D eigenvalue weighted by Gasteiger charge is -2.03. The molecule has 0 fully saturated rings. The van der Waals surface area contributed by atoms with E-state index in [9.17, 15) is 4.79 Å². The van der Waals surface area contributed by atoms with Gasteiger partial charge in [0, 0.05) is 23.8 Å². The van der Waals surface area contributed by atoms with Gasteiger partial charge in [-0.05, 0) is 35.9 Å². The standard InChI is InChI=1S/C17H15ClN2O2/c1-20-11-13(12-4-6-14(18)7-5-12)9-16(20)17(21)19-10-15-3-2-8-22-15/h2-9,11H,10H2,1H3,(H,19,21). The summed E-state index contributed by atoms with van der Waals surface area (Å²) in [6.45, 7) is 0.368. The summed E-state index contributed by atoms with van der Waals surface area (Å²) in [5, 5.41) is 3.53. The predicted octanol–water partition coefficient (Wildman–Crippen LogP) is 3.87. The highest BCUT2D eigenvalue weighted by Gasteiger charge is 2.13. The van der Waals surface area contributed by atoms with Crippen molar-refractivity contribution in [2.75, 3.05) is 0 Å². The lowest BCUT2D eigenvalue weighted by Crippen LogP contribution is -2.24. The minimum Gasteiger partial charge on any atom is -0.467 e. The fourth-order valence-electron chi connectivity index (χ4n) is 2.26. The molecule has 0 saturated carbocycles. The van der Waals surface area contributed by atoms with Crippen LogP contribution in [0.4, 0.5) is 0 Å².